The van der Waals surface area contributed by atoms with Gasteiger partial charge in [-0.25, -0.2) is 0 Å². The molecule has 0 bridgehead atoms. The molecule has 0 aliphatic heterocycles. The van der Waals surface area contributed by atoms with Gasteiger partial charge in [0.1, 0.15) is 5.78 Å². The lowest BCUT2D eigenvalue weighted by atomic mass is 9.86. The highest BCUT2D eigenvalue weighted by molar-refractivity contribution is 7.19. The summed E-state index contributed by atoms with van der Waals surface area (Å²) in [4.78, 5) is 24.6. The summed E-state index contributed by atoms with van der Waals surface area (Å²) in [7, 11) is 0. The molecule has 1 heterocycles. The van der Waals surface area contributed by atoms with Crippen LogP contribution in [0.3, 0.4) is 0 Å². The van der Waals surface area contributed by atoms with Gasteiger partial charge in [-0.2, -0.15) is 0 Å². The van der Waals surface area contributed by atoms with Crippen molar-refractivity contribution in [2.75, 3.05) is 0 Å². The molecule has 1 fully saturated rings. The zero-order valence-corrected chi connectivity index (χ0v) is 21.2. The van der Waals surface area contributed by atoms with Crippen LogP contribution in [0.5, 0.6) is 0 Å². The highest BCUT2D eigenvalue weighted by Crippen LogP contribution is 2.45. The van der Waals surface area contributed by atoms with Gasteiger partial charge in [0.05, 0.1) is 22.6 Å². The van der Waals surface area contributed by atoms with Crippen LogP contribution in [0, 0.1) is 17.3 Å². The first-order valence-electron chi connectivity index (χ1n) is 11.7. The number of ketones is 1. The maximum absolute atomic E-state index is 13.0. The highest BCUT2D eigenvalue weighted by Gasteiger charge is 2.52. The molecule has 0 spiro atoms. The first-order chi connectivity index (χ1) is 16.1. The maximum Gasteiger partial charge on any atom is 0.303 e. The van der Waals surface area contributed by atoms with Crippen molar-refractivity contribution >= 4 is 44.8 Å². The number of rotatable bonds is 11. The number of halogens is 1. The number of carbonyl (C=O) groups is 2. The Kier molecular flexibility index (Phi) is 9.10. The number of fused-ring (bicyclic) bond motifs is 1. The van der Waals surface area contributed by atoms with E-state index in [1.807, 2.05) is 36.4 Å². The quantitative estimate of drug-likeness (QED) is 0.265. The van der Waals surface area contributed by atoms with Crippen molar-refractivity contribution in [2.45, 2.75) is 64.6 Å². The van der Waals surface area contributed by atoms with E-state index in [4.69, 9.17) is 16.7 Å². The number of allylic oxidation sites excluding steroid dienone is 2. The summed E-state index contributed by atoms with van der Waals surface area (Å²) in [5, 5.41) is 31.9. The van der Waals surface area contributed by atoms with Crippen molar-refractivity contribution in [1.29, 1.82) is 0 Å². The SMILES string of the molecule is CC1(C)C(=O)[C@H](C/C=C\CCCC(=O)O)[C@@H](/C=C/C(O)CCc2sc3ccccc3c2Cl)[C@@H]1O. The van der Waals surface area contributed by atoms with E-state index in [0.717, 1.165) is 20.0 Å². The van der Waals surface area contributed by atoms with E-state index in [-0.39, 0.29) is 24.0 Å². The van der Waals surface area contributed by atoms with Crippen LogP contribution < -0.4 is 0 Å². The van der Waals surface area contributed by atoms with Crippen LogP contribution in [0.1, 0.15) is 50.8 Å². The van der Waals surface area contributed by atoms with Gasteiger partial charge in [0.15, 0.2) is 0 Å². The van der Waals surface area contributed by atoms with Crippen LogP contribution in [0.25, 0.3) is 10.1 Å². The van der Waals surface area contributed by atoms with Crippen LogP contribution in [-0.2, 0) is 16.0 Å². The molecule has 7 heteroatoms. The van der Waals surface area contributed by atoms with Crippen LogP contribution in [0.4, 0.5) is 0 Å². The van der Waals surface area contributed by atoms with Crippen molar-refractivity contribution in [2.24, 2.45) is 17.3 Å². The number of Topliss-reactive ketones (excluding diaryl/α,β-unsaturated/α-hetero) is 1. The minimum atomic E-state index is -0.855. The smallest absolute Gasteiger partial charge is 0.303 e. The fourth-order valence-electron chi connectivity index (χ4n) is 4.59. The Bertz CT molecular complexity index is 1070. The largest absolute Gasteiger partial charge is 0.481 e. The van der Waals surface area contributed by atoms with Crippen molar-refractivity contribution < 1.29 is 24.9 Å². The minimum absolute atomic E-state index is 0.0105. The van der Waals surface area contributed by atoms with Crippen molar-refractivity contribution in [3.8, 4) is 0 Å². The van der Waals surface area contributed by atoms with Crippen LogP contribution >= 0.6 is 22.9 Å². The van der Waals surface area contributed by atoms with Gasteiger partial charge < -0.3 is 15.3 Å². The first kappa shape index (κ1) is 26.6. The number of aliphatic hydroxyl groups excluding tert-OH is 2. The molecule has 184 valence electrons. The van der Waals surface area contributed by atoms with Gasteiger partial charge in [0, 0.05) is 33.2 Å². The highest BCUT2D eigenvalue weighted by atomic mass is 35.5. The molecule has 34 heavy (non-hydrogen) atoms. The molecule has 0 radical (unpaired) electrons. The number of unbranched alkanes of at least 4 members (excludes halogenated alkanes) is 1. The van der Waals surface area contributed by atoms with Gasteiger partial charge in [0.25, 0.3) is 0 Å². The lowest BCUT2D eigenvalue weighted by molar-refractivity contribution is -0.137. The van der Waals surface area contributed by atoms with Gasteiger partial charge in [-0.05, 0) is 38.2 Å². The van der Waals surface area contributed by atoms with Crippen molar-refractivity contribution in [3.63, 3.8) is 0 Å². The Morgan fingerprint density at radius 2 is 2.00 bits per heavy atom. The number of aliphatic carboxylic acids is 1. The molecule has 1 aliphatic carbocycles. The predicted molar refractivity (Wildman–Crippen MR) is 137 cm³/mol. The summed E-state index contributed by atoms with van der Waals surface area (Å²) in [6, 6.07) is 7.97. The number of hydrogen-bond donors (Lipinski definition) is 3. The molecule has 1 aliphatic rings. The number of carboxylic acids is 1. The Morgan fingerprint density at radius 3 is 2.71 bits per heavy atom. The second-order valence-electron chi connectivity index (χ2n) is 9.53. The Labute approximate surface area is 209 Å². The molecule has 1 saturated carbocycles. The third-order valence-corrected chi connectivity index (χ3v) is 8.46. The van der Waals surface area contributed by atoms with E-state index >= 15 is 0 Å². The van der Waals surface area contributed by atoms with E-state index in [1.165, 1.54) is 0 Å². The molecule has 4 atom stereocenters. The third-order valence-electron chi connectivity index (χ3n) is 6.68. The second-order valence-corrected chi connectivity index (χ2v) is 11.0. The molecule has 3 N–H and O–H groups in total. The molecule has 2 aromatic rings. The number of carbonyl (C=O) groups excluding carboxylic acids is 1. The molecular formula is C27H33ClO5S. The fraction of sp³-hybridized carbons (Fsp3) is 0.481. The van der Waals surface area contributed by atoms with Gasteiger partial charge in [0.2, 0.25) is 0 Å². The number of carboxylic acid groups (broad SMARTS) is 1. The third kappa shape index (κ3) is 6.16. The predicted octanol–water partition coefficient (Wildman–Crippen LogP) is 5.81. The molecule has 5 nitrogen and oxygen atoms in total. The maximum atomic E-state index is 13.0. The standard InChI is InChI=1S/C27H33ClO5S/c1-27(2)25(32)18(9-5-3-4-6-12-23(30)31)19(26(27)33)15-13-17(29)14-16-22-24(28)20-10-7-8-11-21(20)34-22/h3,5,7-8,10-11,13,15,17-19,26,29,33H,4,6,9,12,14,16H2,1-2H3,(H,30,31)/b5-3-,15-13+/t17?,18-,19-,26+/m1/s1. The summed E-state index contributed by atoms with van der Waals surface area (Å²) < 4.78 is 1.13. The zero-order valence-electron chi connectivity index (χ0n) is 19.6. The van der Waals surface area contributed by atoms with E-state index in [1.54, 1.807) is 37.3 Å². The second kappa shape index (κ2) is 11.6. The summed E-state index contributed by atoms with van der Waals surface area (Å²) in [5.41, 5.74) is -0.855. The number of aryl methyl sites for hydroxylation is 1. The van der Waals surface area contributed by atoms with Crippen molar-refractivity contribution in [3.05, 3.63) is 58.5 Å². The van der Waals surface area contributed by atoms with Gasteiger partial charge >= 0.3 is 5.97 Å². The monoisotopic (exact) mass is 504 g/mol. The lowest BCUT2D eigenvalue weighted by Gasteiger charge is -2.22. The normalized spacial score (nSPS) is 23.4. The molecule has 1 unspecified atom stereocenters. The Morgan fingerprint density at radius 1 is 1.26 bits per heavy atom. The topological polar surface area (TPSA) is 94.8 Å². The van der Waals surface area contributed by atoms with Crippen LogP contribution in [0.2, 0.25) is 5.02 Å². The van der Waals surface area contributed by atoms with E-state index in [9.17, 15) is 19.8 Å². The number of hydrogen-bond acceptors (Lipinski definition) is 5. The average Bonchev–Trinajstić information content (AvgIpc) is 3.20. The minimum Gasteiger partial charge on any atom is -0.481 e. The molecule has 0 amide bonds. The fourth-order valence-corrected chi connectivity index (χ4v) is 6.13. The Balaban J connectivity index is 1.61. The van der Waals surface area contributed by atoms with E-state index < -0.39 is 23.6 Å². The summed E-state index contributed by atoms with van der Waals surface area (Å²) in [5.74, 6) is -1.56. The number of aliphatic hydroxyl groups is 2. The molecule has 0 saturated heterocycles. The molecule has 3 rings (SSSR count). The Hall–Kier alpha value is -1.99. The number of benzene rings is 1. The summed E-state index contributed by atoms with van der Waals surface area (Å²) in [6.07, 6.45) is 8.68. The van der Waals surface area contributed by atoms with E-state index in [0.29, 0.717) is 32.1 Å². The van der Waals surface area contributed by atoms with Crippen molar-refractivity contribution in [1.82, 2.24) is 0 Å². The molecule has 1 aromatic carbocycles. The van der Waals surface area contributed by atoms with Crippen LogP contribution in [-0.4, -0.2) is 39.3 Å². The lowest BCUT2D eigenvalue weighted by Crippen LogP contribution is -2.31. The van der Waals surface area contributed by atoms with Gasteiger partial charge in [-0.15, -0.1) is 11.3 Å². The zero-order chi connectivity index (χ0) is 24.9. The van der Waals surface area contributed by atoms with Gasteiger partial charge in [-0.3, -0.25) is 9.59 Å². The summed E-state index contributed by atoms with van der Waals surface area (Å²) in [6.45, 7) is 3.52. The summed E-state index contributed by atoms with van der Waals surface area (Å²) >= 11 is 8.14. The first-order valence-corrected chi connectivity index (χ1v) is 12.9. The number of thiophene rings is 1. The van der Waals surface area contributed by atoms with Crippen LogP contribution in [0.15, 0.2) is 48.6 Å². The molecule has 1 aromatic heterocycles. The van der Waals surface area contributed by atoms with E-state index in [2.05, 4.69) is 0 Å². The average molecular weight is 505 g/mol. The van der Waals surface area contributed by atoms with Gasteiger partial charge in [-0.1, -0.05) is 68.0 Å². The molecular weight excluding hydrogens is 472 g/mol.